The van der Waals surface area contributed by atoms with Crippen LogP contribution < -0.4 is 10.2 Å². The lowest BCUT2D eigenvalue weighted by atomic mass is 10.1. The summed E-state index contributed by atoms with van der Waals surface area (Å²) in [5.41, 5.74) is 3.76. The quantitative estimate of drug-likeness (QED) is 0.768. The molecule has 7 heteroatoms. The first kappa shape index (κ1) is 17.3. The summed E-state index contributed by atoms with van der Waals surface area (Å²) >= 11 is 0. The number of piperidine rings is 1. The van der Waals surface area contributed by atoms with Crippen molar-refractivity contribution in [3.05, 3.63) is 53.6 Å². The molecule has 1 amide bonds. The summed E-state index contributed by atoms with van der Waals surface area (Å²) in [4.78, 5) is 32.4. The van der Waals surface area contributed by atoms with Gasteiger partial charge < -0.3 is 10.2 Å². The average Bonchev–Trinajstić information content (AvgIpc) is 2.72. The third-order valence-corrected chi connectivity index (χ3v) is 4.70. The molecule has 1 fully saturated rings. The SMILES string of the molecule is Cc1cc(CNC(=O)c2ccc3nccnc3c2)nc(N2CCCCC2)n1. The van der Waals surface area contributed by atoms with E-state index in [1.165, 1.54) is 19.3 Å². The molecule has 1 aliphatic rings. The van der Waals surface area contributed by atoms with Gasteiger partial charge in [-0.3, -0.25) is 14.8 Å². The van der Waals surface area contributed by atoms with Gasteiger partial charge in [-0.25, -0.2) is 9.97 Å². The van der Waals surface area contributed by atoms with E-state index in [-0.39, 0.29) is 5.91 Å². The van der Waals surface area contributed by atoms with Crippen LogP contribution in [0.2, 0.25) is 0 Å². The third-order valence-electron chi connectivity index (χ3n) is 4.70. The summed E-state index contributed by atoms with van der Waals surface area (Å²) in [6.45, 7) is 4.31. The number of amides is 1. The summed E-state index contributed by atoms with van der Waals surface area (Å²) in [5.74, 6) is 0.610. The van der Waals surface area contributed by atoms with E-state index in [1.54, 1.807) is 30.6 Å². The van der Waals surface area contributed by atoms with Crippen molar-refractivity contribution in [3.63, 3.8) is 0 Å². The fourth-order valence-electron chi connectivity index (χ4n) is 3.32. The van der Waals surface area contributed by atoms with E-state index < -0.39 is 0 Å². The number of hydrogen-bond acceptors (Lipinski definition) is 6. The molecule has 1 N–H and O–H groups in total. The molecule has 1 aliphatic heterocycles. The number of nitrogens with one attached hydrogen (secondary N) is 1. The molecule has 0 saturated carbocycles. The number of aromatic nitrogens is 4. The van der Waals surface area contributed by atoms with Crippen LogP contribution in [-0.4, -0.2) is 38.9 Å². The molecular weight excluding hydrogens is 340 g/mol. The number of hydrogen-bond donors (Lipinski definition) is 1. The fourth-order valence-corrected chi connectivity index (χ4v) is 3.32. The van der Waals surface area contributed by atoms with Crippen LogP contribution >= 0.6 is 0 Å². The second-order valence-electron chi connectivity index (χ2n) is 6.79. The lowest BCUT2D eigenvalue weighted by molar-refractivity contribution is 0.0950. The number of aryl methyl sites for hydroxylation is 1. The Labute approximate surface area is 157 Å². The van der Waals surface area contributed by atoms with E-state index >= 15 is 0 Å². The van der Waals surface area contributed by atoms with E-state index in [1.807, 2.05) is 13.0 Å². The van der Waals surface area contributed by atoms with Crippen molar-refractivity contribution in [2.45, 2.75) is 32.7 Å². The van der Waals surface area contributed by atoms with Crippen LogP contribution in [-0.2, 0) is 6.54 Å². The molecule has 1 saturated heterocycles. The predicted octanol–water partition coefficient (Wildman–Crippen LogP) is 2.65. The van der Waals surface area contributed by atoms with Gasteiger partial charge in [-0.15, -0.1) is 0 Å². The zero-order chi connectivity index (χ0) is 18.6. The van der Waals surface area contributed by atoms with Crippen LogP contribution in [0.4, 0.5) is 5.95 Å². The highest BCUT2D eigenvalue weighted by molar-refractivity contribution is 5.97. The Kier molecular flexibility index (Phi) is 4.91. The highest BCUT2D eigenvalue weighted by Crippen LogP contribution is 2.17. The van der Waals surface area contributed by atoms with Crippen molar-refractivity contribution in [2.75, 3.05) is 18.0 Å². The van der Waals surface area contributed by atoms with E-state index in [0.717, 1.165) is 35.9 Å². The number of benzene rings is 1. The molecule has 7 nitrogen and oxygen atoms in total. The van der Waals surface area contributed by atoms with Crippen LogP contribution in [0.15, 0.2) is 36.7 Å². The second kappa shape index (κ2) is 7.65. The highest BCUT2D eigenvalue weighted by atomic mass is 16.1. The Hall–Kier alpha value is -3.09. The zero-order valence-corrected chi connectivity index (χ0v) is 15.4. The van der Waals surface area contributed by atoms with Crippen LogP contribution in [0.3, 0.4) is 0 Å². The predicted molar refractivity (Wildman–Crippen MR) is 104 cm³/mol. The number of carbonyl (C=O) groups is 1. The first-order valence-electron chi connectivity index (χ1n) is 9.27. The van der Waals surface area contributed by atoms with Crippen molar-refractivity contribution < 1.29 is 4.79 Å². The molecule has 3 heterocycles. The maximum absolute atomic E-state index is 12.5. The third kappa shape index (κ3) is 4.02. The summed E-state index contributed by atoms with van der Waals surface area (Å²) in [7, 11) is 0. The topological polar surface area (TPSA) is 83.9 Å². The largest absolute Gasteiger partial charge is 0.346 e. The van der Waals surface area contributed by atoms with Crippen molar-refractivity contribution in [1.29, 1.82) is 0 Å². The monoisotopic (exact) mass is 362 g/mol. The van der Waals surface area contributed by atoms with Gasteiger partial charge in [0.25, 0.3) is 5.91 Å². The number of carbonyl (C=O) groups excluding carboxylic acids is 1. The molecule has 0 radical (unpaired) electrons. The first-order valence-corrected chi connectivity index (χ1v) is 9.27. The lowest BCUT2D eigenvalue weighted by Gasteiger charge is -2.27. The zero-order valence-electron chi connectivity index (χ0n) is 15.4. The van der Waals surface area contributed by atoms with Crippen LogP contribution in [0.5, 0.6) is 0 Å². The Morgan fingerprint density at radius 1 is 1.04 bits per heavy atom. The maximum Gasteiger partial charge on any atom is 0.251 e. The van der Waals surface area contributed by atoms with Crippen molar-refractivity contribution in [2.24, 2.45) is 0 Å². The molecule has 0 aliphatic carbocycles. The molecule has 0 atom stereocenters. The van der Waals surface area contributed by atoms with Crippen LogP contribution in [0.25, 0.3) is 11.0 Å². The normalized spacial score (nSPS) is 14.3. The summed E-state index contributed by atoms with van der Waals surface area (Å²) in [6.07, 6.45) is 6.87. The number of anilines is 1. The summed E-state index contributed by atoms with van der Waals surface area (Å²) in [5, 5.41) is 2.94. The van der Waals surface area contributed by atoms with Gasteiger partial charge in [0.2, 0.25) is 5.95 Å². The second-order valence-corrected chi connectivity index (χ2v) is 6.79. The molecule has 138 valence electrons. The van der Waals surface area contributed by atoms with Gasteiger partial charge in [0.05, 0.1) is 23.3 Å². The molecule has 2 aromatic heterocycles. The molecular formula is C20H22N6O. The first-order chi connectivity index (χ1) is 13.2. The van der Waals surface area contributed by atoms with E-state index in [2.05, 4.69) is 30.2 Å². The Morgan fingerprint density at radius 3 is 2.63 bits per heavy atom. The molecule has 0 bridgehead atoms. The molecule has 0 spiro atoms. The minimum Gasteiger partial charge on any atom is -0.346 e. The minimum absolute atomic E-state index is 0.154. The van der Waals surface area contributed by atoms with Gasteiger partial charge >= 0.3 is 0 Å². The molecule has 4 rings (SSSR count). The number of fused-ring (bicyclic) bond motifs is 1. The van der Waals surface area contributed by atoms with Gasteiger partial charge in [0.1, 0.15) is 0 Å². The minimum atomic E-state index is -0.154. The van der Waals surface area contributed by atoms with Gasteiger partial charge in [-0.1, -0.05) is 0 Å². The van der Waals surface area contributed by atoms with Gasteiger partial charge in [0, 0.05) is 36.7 Å². The standard InChI is InChI=1S/C20H22N6O/c1-14-11-16(25-20(24-14)26-9-3-2-4-10-26)13-23-19(27)15-5-6-17-18(12-15)22-8-7-21-17/h5-8,11-12H,2-4,9-10,13H2,1H3,(H,23,27). The number of rotatable bonds is 4. The van der Waals surface area contributed by atoms with Crippen molar-refractivity contribution in [3.8, 4) is 0 Å². The van der Waals surface area contributed by atoms with Crippen molar-refractivity contribution in [1.82, 2.24) is 25.3 Å². The van der Waals surface area contributed by atoms with E-state index in [4.69, 9.17) is 0 Å². The van der Waals surface area contributed by atoms with E-state index in [9.17, 15) is 4.79 Å². The molecule has 0 unspecified atom stereocenters. The molecule has 1 aromatic carbocycles. The molecule has 3 aromatic rings. The van der Waals surface area contributed by atoms with Crippen LogP contribution in [0, 0.1) is 6.92 Å². The van der Waals surface area contributed by atoms with E-state index in [0.29, 0.717) is 17.6 Å². The van der Waals surface area contributed by atoms with Gasteiger partial charge in [-0.05, 0) is 50.5 Å². The fraction of sp³-hybridized carbons (Fsp3) is 0.350. The highest BCUT2D eigenvalue weighted by Gasteiger charge is 2.15. The van der Waals surface area contributed by atoms with Crippen LogP contribution in [0.1, 0.15) is 41.0 Å². The summed E-state index contributed by atoms with van der Waals surface area (Å²) in [6, 6.07) is 7.24. The van der Waals surface area contributed by atoms with Gasteiger partial charge in [-0.2, -0.15) is 0 Å². The Morgan fingerprint density at radius 2 is 1.81 bits per heavy atom. The number of nitrogens with zero attached hydrogens (tertiary/aromatic N) is 5. The van der Waals surface area contributed by atoms with Crippen molar-refractivity contribution >= 4 is 22.9 Å². The summed E-state index contributed by atoms with van der Waals surface area (Å²) < 4.78 is 0. The smallest absolute Gasteiger partial charge is 0.251 e. The Balaban J connectivity index is 1.47. The maximum atomic E-state index is 12.5. The lowest BCUT2D eigenvalue weighted by Crippen LogP contribution is -2.32. The Bertz CT molecular complexity index is 968. The molecule has 27 heavy (non-hydrogen) atoms. The van der Waals surface area contributed by atoms with Gasteiger partial charge in [0.15, 0.2) is 0 Å². The average molecular weight is 362 g/mol.